The summed E-state index contributed by atoms with van der Waals surface area (Å²) >= 11 is 6.03. The molecular formula is C28H32ClN3O4. The van der Waals surface area contributed by atoms with Crippen LogP contribution in [0.25, 0.3) is 10.9 Å². The number of nitrogens with two attached hydrogens (primary N) is 1. The highest BCUT2D eigenvalue weighted by Crippen LogP contribution is 2.49. The molecule has 2 heterocycles. The second-order valence-corrected chi connectivity index (χ2v) is 10.6. The summed E-state index contributed by atoms with van der Waals surface area (Å²) in [6.45, 7) is 1.71. The van der Waals surface area contributed by atoms with E-state index >= 15 is 0 Å². The molecule has 1 aliphatic heterocycles. The number of primary amides is 1. The zero-order chi connectivity index (χ0) is 25.4. The van der Waals surface area contributed by atoms with Crippen LogP contribution in [-0.2, 0) is 16.6 Å². The van der Waals surface area contributed by atoms with Crippen LogP contribution in [0, 0.1) is 5.92 Å². The first-order valence-corrected chi connectivity index (χ1v) is 12.9. The lowest BCUT2D eigenvalue weighted by Gasteiger charge is -2.43. The van der Waals surface area contributed by atoms with E-state index in [4.69, 9.17) is 22.1 Å². The Balaban J connectivity index is 1.47. The number of fused-ring (bicyclic) bond motifs is 1. The Morgan fingerprint density at radius 1 is 1.17 bits per heavy atom. The predicted octanol–water partition coefficient (Wildman–Crippen LogP) is 4.76. The van der Waals surface area contributed by atoms with Crippen LogP contribution < -0.4 is 10.5 Å². The third-order valence-corrected chi connectivity index (χ3v) is 8.50. The van der Waals surface area contributed by atoms with E-state index in [1.807, 2.05) is 18.2 Å². The third-order valence-electron chi connectivity index (χ3n) is 8.25. The van der Waals surface area contributed by atoms with E-state index in [1.54, 1.807) is 19.2 Å². The fourth-order valence-electron chi connectivity index (χ4n) is 6.53. The van der Waals surface area contributed by atoms with Gasteiger partial charge in [0.05, 0.1) is 12.5 Å². The molecule has 1 amide bonds. The topological polar surface area (TPSA) is 109 Å². The molecule has 1 aromatic heterocycles. The van der Waals surface area contributed by atoms with Crippen molar-refractivity contribution in [1.29, 1.82) is 0 Å². The number of H-pyrrole nitrogens is 1. The predicted molar refractivity (Wildman–Crippen MR) is 140 cm³/mol. The Hall–Kier alpha value is -3.03. The summed E-state index contributed by atoms with van der Waals surface area (Å²) in [6.07, 6.45) is 5.18. The fourth-order valence-corrected chi connectivity index (χ4v) is 6.65. The summed E-state index contributed by atoms with van der Waals surface area (Å²) < 4.78 is 5.42. The number of halogens is 1. The van der Waals surface area contributed by atoms with E-state index in [-0.39, 0.29) is 11.7 Å². The molecule has 7 nitrogen and oxygen atoms in total. The monoisotopic (exact) mass is 509 g/mol. The van der Waals surface area contributed by atoms with E-state index in [2.05, 4.69) is 22.0 Å². The third kappa shape index (κ3) is 4.24. The lowest BCUT2D eigenvalue weighted by molar-refractivity contribution is -0.125. The standard InChI is InChI=1S/C28H32ClN3O4/c1-36-20-8-9-22-21(16-20)24(25(31-22)26(33)34)28(27(30)35)12-2-3-23(28)32-13-10-18(11-14-32)15-17-4-6-19(29)7-5-17/h4-9,16,18,23,31H,2-3,10-15H2,1H3,(H2,30,35)(H,33,34). The number of benzene rings is 2. The summed E-state index contributed by atoms with van der Waals surface area (Å²) in [7, 11) is 1.57. The molecule has 4 N–H and O–H groups in total. The molecule has 8 heteroatoms. The van der Waals surface area contributed by atoms with Gasteiger partial charge in [0.2, 0.25) is 5.91 Å². The number of carbonyl (C=O) groups is 2. The number of likely N-dealkylation sites (tertiary alicyclic amines) is 1. The average molecular weight is 510 g/mol. The molecule has 0 spiro atoms. The average Bonchev–Trinajstić information content (AvgIpc) is 3.48. The number of ether oxygens (including phenoxy) is 1. The maximum atomic E-state index is 13.3. The van der Waals surface area contributed by atoms with Gasteiger partial charge in [-0.25, -0.2) is 4.79 Å². The van der Waals surface area contributed by atoms with Gasteiger partial charge in [0.15, 0.2) is 0 Å². The number of aromatic nitrogens is 1. The molecule has 1 saturated carbocycles. The second-order valence-electron chi connectivity index (χ2n) is 10.1. The van der Waals surface area contributed by atoms with E-state index in [0.29, 0.717) is 34.6 Å². The number of amides is 1. The number of methoxy groups -OCH3 is 1. The van der Waals surface area contributed by atoms with Gasteiger partial charge in [0.25, 0.3) is 0 Å². The number of rotatable bonds is 7. The summed E-state index contributed by atoms with van der Waals surface area (Å²) in [5.74, 6) is -0.386. The maximum absolute atomic E-state index is 13.3. The first-order chi connectivity index (χ1) is 17.3. The lowest BCUT2D eigenvalue weighted by Crippen LogP contribution is -2.56. The first-order valence-electron chi connectivity index (χ1n) is 12.6. The summed E-state index contributed by atoms with van der Waals surface area (Å²) in [4.78, 5) is 31.1. The molecule has 2 aromatic carbocycles. The molecule has 2 fully saturated rings. The minimum absolute atomic E-state index is 0.0431. The number of carboxylic acid groups (broad SMARTS) is 1. The van der Waals surface area contributed by atoms with Crippen molar-refractivity contribution >= 4 is 34.4 Å². The molecule has 1 saturated heterocycles. The summed E-state index contributed by atoms with van der Waals surface area (Å²) in [5, 5.41) is 11.5. The number of carbonyl (C=O) groups excluding carboxylic acids is 1. The van der Waals surface area contributed by atoms with Crippen LogP contribution in [0.15, 0.2) is 42.5 Å². The highest BCUT2D eigenvalue weighted by Gasteiger charge is 2.54. The lowest BCUT2D eigenvalue weighted by atomic mass is 9.72. The van der Waals surface area contributed by atoms with Crippen LogP contribution in [0.3, 0.4) is 0 Å². The van der Waals surface area contributed by atoms with Crippen LogP contribution in [0.1, 0.15) is 53.7 Å². The molecular weight excluding hydrogens is 478 g/mol. The van der Waals surface area contributed by atoms with Gasteiger partial charge in [0.1, 0.15) is 11.4 Å². The van der Waals surface area contributed by atoms with Gasteiger partial charge < -0.3 is 20.6 Å². The summed E-state index contributed by atoms with van der Waals surface area (Å²) in [6, 6.07) is 13.3. The van der Waals surface area contributed by atoms with Gasteiger partial charge in [-0.2, -0.15) is 0 Å². The Morgan fingerprint density at radius 2 is 1.89 bits per heavy atom. The van der Waals surface area contributed by atoms with Gasteiger partial charge in [-0.05, 0) is 87.0 Å². The van der Waals surface area contributed by atoms with Crippen LogP contribution in [0.5, 0.6) is 5.75 Å². The SMILES string of the molecule is COc1ccc2[nH]c(C(=O)O)c(C3(C(N)=O)CCCC3N3CCC(Cc4ccc(Cl)cc4)CC3)c2c1. The van der Waals surface area contributed by atoms with Crippen LogP contribution in [0.4, 0.5) is 0 Å². The number of aromatic carboxylic acids is 1. The molecule has 1 aliphatic carbocycles. The van der Waals surface area contributed by atoms with E-state index < -0.39 is 17.3 Å². The Labute approximate surface area is 215 Å². The molecule has 5 rings (SSSR count). The van der Waals surface area contributed by atoms with Crippen molar-refractivity contribution in [1.82, 2.24) is 9.88 Å². The Kier molecular flexibility index (Phi) is 6.70. The molecule has 36 heavy (non-hydrogen) atoms. The van der Waals surface area contributed by atoms with Crippen molar-refractivity contribution in [2.24, 2.45) is 11.7 Å². The zero-order valence-electron chi connectivity index (χ0n) is 20.4. The summed E-state index contributed by atoms with van der Waals surface area (Å²) in [5.41, 5.74) is 7.59. The van der Waals surface area contributed by atoms with Gasteiger partial charge in [-0.3, -0.25) is 9.69 Å². The number of nitrogens with one attached hydrogen (secondary N) is 1. The van der Waals surface area contributed by atoms with Crippen molar-refractivity contribution in [2.75, 3.05) is 20.2 Å². The Morgan fingerprint density at radius 3 is 2.53 bits per heavy atom. The molecule has 190 valence electrons. The second kappa shape index (κ2) is 9.79. The molecule has 0 radical (unpaired) electrons. The molecule has 2 aliphatic rings. The van der Waals surface area contributed by atoms with Crippen LogP contribution in [0.2, 0.25) is 5.02 Å². The first kappa shape index (κ1) is 24.7. The van der Waals surface area contributed by atoms with Gasteiger partial charge >= 0.3 is 5.97 Å². The minimum Gasteiger partial charge on any atom is -0.497 e. The van der Waals surface area contributed by atoms with Gasteiger partial charge in [-0.15, -0.1) is 0 Å². The quantitative estimate of drug-likeness (QED) is 0.425. The maximum Gasteiger partial charge on any atom is 0.352 e. The van der Waals surface area contributed by atoms with E-state index in [1.165, 1.54) is 5.56 Å². The van der Waals surface area contributed by atoms with Crippen LogP contribution >= 0.6 is 11.6 Å². The van der Waals surface area contributed by atoms with Gasteiger partial charge in [0, 0.05) is 27.5 Å². The van der Waals surface area contributed by atoms with Gasteiger partial charge in [-0.1, -0.05) is 30.2 Å². The van der Waals surface area contributed by atoms with Crippen molar-refractivity contribution < 1.29 is 19.4 Å². The van der Waals surface area contributed by atoms with Crippen molar-refractivity contribution in [3.8, 4) is 5.75 Å². The number of nitrogens with zero attached hydrogens (tertiary/aromatic N) is 1. The van der Waals surface area contributed by atoms with Crippen molar-refractivity contribution in [3.63, 3.8) is 0 Å². The minimum atomic E-state index is -1.09. The van der Waals surface area contributed by atoms with Crippen LogP contribution in [-0.4, -0.2) is 53.1 Å². The number of carboxylic acids is 1. The highest BCUT2D eigenvalue weighted by molar-refractivity contribution is 6.30. The van der Waals surface area contributed by atoms with Crippen molar-refractivity contribution in [2.45, 2.75) is 50.0 Å². The number of piperidine rings is 1. The largest absolute Gasteiger partial charge is 0.497 e. The number of hydrogen-bond acceptors (Lipinski definition) is 4. The zero-order valence-corrected chi connectivity index (χ0v) is 21.2. The number of hydrogen-bond donors (Lipinski definition) is 3. The van der Waals surface area contributed by atoms with E-state index in [9.17, 15) is 14.7 Å². The van der Waals surface area contributed by atoms with E-state index in [0.717, 1.165) is 50.2 Å². The molecule has 3 aromatic rings. The fraction of sp³-hybridized carbons (Fsp3) is 0.429. The molecule has 2 unspecified atom stereocenters. The molecule has 0 bridgehead atoms. The highest BCUT2D eigenvalue weighted by atomic mass is 35.5. The Bertz CT molecular complexity index is 1280. The smallest absolute Gasteiger partial charge is 0.352 e. The number of aromatic amines is 1. The molecule has 2 atom stereocenters. The normalized spacial score (nSPS) is 23.2. The van der Waals surface area contributed by atoms with Crippen molar-refractivity contribution in [3.05, 3.63) is 64.3 Å².